The second-order valence-corrected chi connectivity index (χ2v) is 2.83. The van der Waals surface area contributed by atoms with Gasteiger partial charge in [0.05, 0.1) is 6.04 Å². The average Bonchev–Trinajstić information content (AvgIpc) is 2.53. The standard InChI is InChI=1S/C7H14N4/c1-6(3-8)7(2)11-5-9-4-10-11/h4-7H,3,8H2,1-2H3. The fourth-order valence-electron chi connectivity index (χ4n) is 0.885. The highest BCUT2D eigenvalue weighted by atomic mass is 15.3. The van der Waals surface area contributed by atoms with Gasteiger partial charge in [0, 0.05) is 0 Å². The monoisotopic (exact) mass is 154 g/mol. The highest BCUT2D eigenvalue weighted by molar-refractivity contribution is 4.70. The molecule has 0 saturated heterocycles. The molecule has 0 aromatic carbocycles. The Bertz CT molecular complexity index is 194. The molecule has 1 aromatic rings. The Morgan fingerprint density at radius 3 is 2.73 bits per heavy atom. The number of hydrogen-bond donors (Lipinski definition) is 1. The number of rotatable bonds is 3. The van der Waals surface area contributed by atoms with Crippen molar-refractivity contribution in [1.29, 1.82) is 0 Å². The maximum Gasteiger partial charge on any atom is 0.137 e. The Kier molecular flexibility index (Phi) is 2.59. The molecule has 62 valence electrons. The van der Waals surface area contributed by atoms with Gasteiger partial charge in [-0.15, -0.1) is 0 Å². The minimum Gasteiger partial charge on any atom is -0.330 e. The third-order valence-electron chi connectivity index (χ3n) is 2.05. The normalized spacial score (nSPS) is 16.3. The molecule has 0 aliphatic rings. The lowest BCUT2D eigenvalue weighted by molar-refractivity contribution is 0.357. The molecular weight excluding hydrogens is 140 g/mol. The number of aromatic nitrogens is 3. The fraction of sp³-hybridized carbons (Fsp3) is 0.714. The van der Waals surface area contributed by atoms with E-state index in [1.807, 2.05) is 4.68 Å². The van der Waals surface area contributed by atoms with Crippen LogP contribution >= 0.6 is 0 Å². The zero-order chi connectivity index (χ0) is 8.27. The molecule has 11 heavy (non-hydrogen) atoms. The van der Waals surface area contributed by atoms with Gasteiger partial charge in [-0.1, -0.05) is 6.92 Å². The van der Waals surface area contributed by atoms with Crippen molar-refractivity contribution in [3.8, 4) is 0 Å². The number of hydrogen-bond acceptors (Lipinski definition) is 3. The molecule has 1 rings (SSSR count). The molecule has 2 unspecified atom stereocenters. The summed E-state index contributed by atoms with van der Waals surface area (Å²) in [6.07, 6.45) is 3.26. The molecule has 2 atom stereocenters. The summed E-state index contributed by atoms with van der Waals surface area (Å²) in [6.45, 7) is 4.87. The molecule has 0 fully saturated rings. The predicted octanol–water partition coefficient (Wildman–Crippen LogP) is 0.434. The zero-order valence-corrected chi connectivity index (χ0v) is 6.94. The molecular formula is C7H14N4. The highest BCUT2D eigenvalue weighted by Gasteiger charge is 2.11. The van der Waals surface area contributed by atoms with Crippen LogP contribution in [0.1, 0.15) is 19.9 Å². The maximum absolute atomic E-state index is 5.52. The van der Waals surface area contributed by atoms with E-state index in [2.05, 4.69) is 23.9 Å². The van der Waals surface area contributed by atoms with Crippen LogP contribution < -0.4 is 5.73 Å². The van der Waals surface area contributed by atoms with Crippen molar-refractivity contribution in [1.82, 2.24) is 14.8 Å². The van der Waals surface area contributed by atoms with Crippen LogP contribution in [0.2, 0.25) is 0 Å². The first-order valence-corrected chi connectivity index (χ1v) is 3.80. The van der Waals surface area contributed by atoms with E-state index < -0.39 is 0 Å². The van der Waals surface area contributed by atoms with Crippen LogP contribution in [0.5, 0.6) is 0 Å². The van der Waals surface area contributed by atoms with Crippen molar-refractivity contribution in [3.63, 3.8) is 0 Å². The first kappa shape index (κ1) is 8.20. The van der Waals surface area contributed by atoms with Crippen LogP contribution in [-0.2, 0) is 0 Å². The molecule has 0 bridgehead atoms. The van der Waals surface area contributed by atoms with E-state index in [-0.39, 0.29) is 0 Å². The predicted molar refractivity (Wildman–Crippen MR) is 43.0 cm³/mol. The SMILES string of the molecule is CC(CN)C(C)n1cncn1. The maximum atomic E-state index is 5.52. The highest BCUT2D eigenvalue weighted by Crippen LogP contribution is 2.13. The van der Waals surface area contributed by atoms with Crippen LogP contribution in [0.3, 0.4) is 0 Å². The van der Waals surface area contributed by atoms with Gasteiger partial charge < -0.3 is 5.73 Å². The lowest BCUT2D eigenvalue weighted by Gasteiger charge is -2.17. The van der Waals surface area contributed by atoms with E-state index >= 15 is 0 Å². The van der Waals surface area contributed by atoms with Gasteiger partial charge >= 0.3 is 0 Å². The smallest absolute Gasteiger partial charge is 0.137 e. The van der Waals surface area contributed by atoms with Gasteiger partial charge in [0.1, 0.15) is 12.7 Å². The second kappa shape index (κ2) is 3.48. The fourth-order valence-corrected chi connectivity index (χ4v) is 0.885. The molecule has 0 radical (unpaired) electrons. The van der Waals surface area contributed by atoms with Crippen molar-refractivity contribution in [2.75, 3.05) is 6.54 Å². The average molecular weight is 154 g/mol. The Labute approximate surface area is 66.4 Å². The first-order chi connectivity index (χ1) is 5.25. The summed E-state index contributed by atoms with van der Waals surface area (Å²) < 4.78 is 1.83. The van der Waals surface area contributed by atoms with Crippen LogP contribution in [0, 0.1) is 5.92 Å². The number of nitrogens with zero attached hydrogens (tertiary/aromatic N) is 3. The molecule has 4 nitrogen and oxygen atoms in total. The first-order valence-electron chi connectivity index (χ1n) is 3.80. The minimum atomic E-state index is 0.336. The van der Waals surface area contributed by atoms with Gasteiger partial charge in [-0.3, -0.25) is 0 Å². The van der Waals surface area contributed by atoms with Gasteiger partial charge in [-0.05, 0) is 19.4 Å². The Hall–Kier alpha value is -0.900. The van der Waals surface area contributed by atoms with E-state index in [0.717, 1.165) is 0 Å². The van der Waals surface area contributed by atoms with E-state index in [1.54, 1.807) is 12.7 Å². The largest absolute Gasteiger partial charge is 0.330 e. The Balaban J connectivity index is 2.62. The number of nitrogens with two attached hydrogens (primary N) is 1. The summed E-state index contributed by atoms with van der Waals surface area (Å²) in [6, 6.07) is 0.336. The molecule has 1 heterocycles. The molecule has 4 heteroatoms. The van der Waals surface area contributed by atoms with Crippen molar-refractivity contribution in [2.24, 2.45) is 11.7 Å². The molecule has 1 aromatic heterocycles. The minimum absolute atomic E-state index is 0.336. The summed E-state index contributed by atoms with van der Waals surface area (Å²) >= 11 is 0. The van der Waals surface area contributed by atoms with E-state index in [0.29, 0.717) is 18.5 Å². The topological polar surface area (TPSA) is 56.7 Å². The van der Waals surface area contributed by atoms with Crippen LogP contribution in [0.4, 0.5) is 0 Å². The molecule has 0 aliphatic heterocycles. The zero-order valence-electron chi connectivity index (χ0n) is 6.94. The molecule has 0 amide bonds. The van der Waals surface area contributed by atoms with Crippen LogP contribution in [0.25, 0.3) is 0 Å². The quantitative estimate of drug-likeness (QED) is 0.687. The molecule has 2 N–H and O–H groups in total. The Morgan fingerprint density at radius 2 is 2.27 bits per heavy atom. The van der Waals surface area contributed by atoms with E-state index in [1.165, 1.54) is 0 Å². The van der Waals surface area contributed by atoms with E-state index in [9.17, 15) is 0 Å². The van der Waals surface area contributed by atoms with Gasteiger partial charge in [0.15, 0.2) is 0 Å². The van der Waals surface area contributed by atoms with Gasteiger partial charge in [0.25, 0.3) is 0 Å². The summed E-state index contributed by atoms with van der Waals surface area (Å²) in [7, 11) is 0. The molecule has 0 aliphatic carbocycles. The van der Waals surface area contributed by atoms with Gasteiger partial charge in [-0.2, -0.15) is 5.10 Å². The van der Waals surface area contributed by atoms with Crippen LogP contribution in [0.15, 0.2) is 12.7 Å². The van der Waals surface area contributed by atoms with Crippen molar-refractivity contribution in [2.45, 2.75) is 19.9 Å². The summed E-state index contributed by atoms with van der Waals surface area (Å²) in [5.74, 6) is 0.441. The summed E-state index contributed by atoms with van der Waals surface area (Å²) in [4.78, 5) is 3.87. The Morgan fingerprint density at radius 1 is 1.55 bits per heavy atom. The van der Waals surface area contributed by atoms with E-state index in [4.69, 9.17) is 5.73 Å². The molecule has 0 spiro atoms. The third kappa shape index (κ3) is 1.77. The third-order valence-corrected chi connectivity index (χ3v) is 2.05. The second-order valence-electron chi connectivity index (χ2n) is 2.83. The van der Waals surface area contributed by atoms with Gasteiger partial charge in [0.2, 0.25) is 0 Å². The lowest BCUT2D eigenvalue weighted by atomic mass is 10.1. The summed E-state index contributed by atoms with van der Waals surface area (Å²) in [5, 5.41) is 4.04. The van der Waals surface area contributed by atoms with Crippen LogP contribution in [-0.4, -0.2) is 21.3 Å². The molecule has 0 saturated carbocycles. The lowest BCUT2D eigenvalue weighted by Crippen LogP contribution is -2.21. The van der Waals surface area contributed by atoms with Crippen molar-refractivity contribution < 1.29 is 0 Å². The van der Waals surface area contributed by atoms with Gasteiger partial charge in [-0.25, -0.2) is 9.67 Å². The van der Waals surface area contributed by atoms with Crippen molar-refractivity contribution in [3.05, 3.63) is 12.7 Å². The summed E-state index contributed by atoms with van der Waals surface area (Å²) in [5.41, 5.74) is 5.52. The van der Waals surface area contributed by atoms with Crippen molar-refractivity contribution >= 4 is 0 Å².